The Labute approximate surface area is 95.9 Å². The van der Waals surface area contributed by atoms with Crippen molar-refractivity contribution in [3.63, 3.8) is 0 Å². The first-order valence-electron chi connectivity index (χ1n) is 4.81. The second-order valence-electron chi connectivity index (χ2n) is 3.47. The topological polar surface area (TPSA) is 32.3 Å². The lowest BCUT2D eigenvalue weighted by Gasteiger charge is -2.13. The van der Waals surface area contributed by atoms with E-state index in [-0.39, 0.29) is 5.91 Å². The van der Waals surface area contributed by atoms with Crippen LogP contribution in [-0.4, -0.2) is 25.8 Å². The number of nitrogens with one attached hydrogen (secondary N) is 1. The summed E-state index contributed by atoms with van der Waals surface area (Å²) in [6.45, 7) is 0. The zero-order chi connectivity index (χ0) is 11.3. The van der Waals surface area contributed by atoms with Gasteiger partial charge in [0.15, 0.2) is 0 Å². The molecule has 0 aliphatic carbocycles. The monoisotopic (exact) mass is 224 g/mol. The summed E-state index contributed by atoms with van der Waals surface area (Å²) in [5.74, 6) is 0.569. The van der Waals surface area contributed by atoms with E-state index in [1.165, 1.54) is 0 Å². The first kappa shape index (κ1) is 11.9. The molecule has 0 spiro atoms. The molecule has 82 valence electrons. The molecule has 0 bridgehead atoms. The minimum atomic E-state index is 0.000839. The number of hydrogen-bond acceptors (Lipinski definition) is 3. The van der Waals surface area contributed by atoms with Gasteiger partial charge in [0, 0.05) is 31.9 Å². The molecule has 3 nitrogen and oxygen atoms in total. The van der Waals surface area contributed by atoms with Gasteiger partial charge in [0.05, 0.1) is 0 Å². The third-order valence-corrected chi connectivity index (χ3v) is 2.21. The summed E-state index contributed by atoms with van der Waals surface area (Å²) in [6, 6.07) is 7.74. The summed E-state index contributed by atoms with van der Waals surface area (Å²) in [7, 11) is 3.93. The first-order chi connectivity index (χ1) is 7.13. The minimum absolute atomic E-state index is 0.000839. The van der Waals surface area contributed by atoms with Crippen LogP contribution in [0.25, 0.3) is 0 Å². The molecule has 0 heterocycles. The fraction of sp³-hybridized carbons (Fsp3) is 0.364. The van der Waals surface area contributed by atoms with E-state index >= 15 is 0 Å². The molecule has 1 N–H and O–H groups in total. The molecule has 1 rings (SSSR count). The highest BCUT2D eigenvalue weighted by molar-refractivity contribution is 7.80. The predicted octanol–water partition coefficient (Wildman–Crippen LogP) is 2.01. The highest BCUT2D eigenvalue weighted by Crippen LogP contribution is 2.17. The van der Waals surface area contributed by atoms with Gasteiger partial charge >= 0.3 is 0 Å². The van der Waals surface area contributed by atoms with E-state index in [0.717, 1.165) is 11.4 Å². The maximum absolute atomic E-state index is 11.3. The average Bonchev–Trinajstić information content (AvgIpc) is 2.18. The van der Waals surface area contributed by atoms with Gasteiger partial charge in [-0.15, -0.1) is 0 Å². The molecule has 1 amide bonds. The Balaban J connectivity index is 2.69. The number of hydrogen-bond donors (Lipinski definition) is 2. The summed E-state index contributed by atoms with van der Waals surface area (Å²) in [5, 5.41) is 2.82. The van der Waals surface area contributed by atoms with Gasteiger partial charge in [-0.05, 0) is 24.0 Å². The molecular weight excluding hydrogens is 208 g/mol. The standard InChI is InChI=1S/C11H16N2OS/c1-13(2)10-5-3-4-9(8-10)12-11(14)6-7-15/h3-5,8,15H,6-7H2,1-2H3,(H,12,14). The van der Waals surface area contributed by atoms with Crippen molar-refractivity contribution in [3.8, 4) is 0 Å². The van der Waals surface area contributed by atoms with Crippen LogP contribution in [0.2, 0.25) is 0 Å². The zero-order valence-electron chi connectivity index (χ0n) is 9.03. The lowest BCUT2D eigenvalue weighted by molar-refractivity contribution is -0.115. The summed E-state index contributed by atoms with van der Waals surface area (Å²) >= 11 is 4.01. The number of benzene rings is 1. The largest absolute Gasteiger partial charge is 0.378 e. The number of amides is 1. The second kappa shape index (κ2) is 5.66. The van der Waals surface area contributed by atoms with E-state index in [9.17, 15) is 4.79 Å². The van der Waals surface area contributed by atoms with E-state index in [4.69, 9.17) is 0 Å². The van der Waals surface area contributed by atoms with Crippen LogP contribution in [0.4, 0.5) is 11.4 Å². The number of carbonyl (C=O) groups is 1. The van der Waals surface area contributed by atoms with Crippen molar-refractivity contribution >= 4 is 29.9 Å². The van der Waals surface area contributed by atoms with Crippen LogP contribution >= 0.6 is 12.6 Å². The number of carbonyl (C=O) groups excluding carboxylic acids is 1. The molecule has 1 aromatic carbocycles. The molecule has 0 saturated heterocycles. The first-order valence-corrected chi connectivity index (χ1v) is 5.45. The summed E-state index contributed by atoms with van der Waals surface area (Å²) < 4.78 is 0. The molecule has 0 atom stereocenters. The Morgan fingerprint density at radius 3 is 2.80 bits per heavy atom. The molecule has 0 aliphatic rings. The number of rotatable bonds is 4. The Bertz CT molecular complexity index is 339. The molecule has 1 aromatic rings. The fourth-order valence-electron chi connectivity index (χ4n) is 1.19. The van der Waals surface area contributed by atoms with E-state index in [1.54, 1.807) is 0 Å². The van der Waals surface area contributed by atoms with Crippen molar-refractivity contribution in [2.75, 3.05) is 30.1 Å². The summed E-state index contributed by atoms with van der Waals surface area (Å²) in [6.07, 6.45) is 0.440. The molecule has 0 unspecified atom stereocenters. The molecule has 0 aromatic heterocycles. The smallest absolute Gasteiger partial charge is 0.225 e. The van der Waals surface area contributed by atoms with Gasteiger partial charge in [0.25, 0.3) is 0 Å². The average molecular weight is 224 g/mol. The SMILES string of the molecule is CN(C)c1cccc(NC(=O)CCS)c1. The molecule has 0 aliphatic heterocycles. The number of nitrogens with zero attached hydrogens (tertiary/aromatic N) is 1. The summed E-state index contributed by atoms with van der Waals surface area (Å²) in [5.41, 5.74) is 1.90. The molecule has 15 heavy (non-hydrogen) atoms. The van der Waals surface area contributed by atoms with Gasteiger partial charge in [-0.25, -0.2) is 0 Å². The molecular formula is C11H16N2OS. The van der Waals surface area contributed by atoms with Gasteiger partial charge in [-0.3, -0.25) is 4.79 Å². The van der Waals surface area contributed by atoms with Crippen molar-refractivity contribution in [3.05, 3.63) is 24.3 Å². The lowest BCUT2D eigenvalue weighted by atomic mass is 10.2. The Morgan fingerprint density at radius 1 is 1.47 bits per heavy atom. The lowest BCUT2D eigenvalue weighted by Crippen LogP contribution is -2.13. The number of anilines is 2. The van der Waals surface area contributed by atoms with Crippen LogP contribution < -0.4 is 10.2 Å². The van der Waals surface area contributed by atoms with Gasteiger partial charge in [-0.2, -0.15) is 12.6 Å². The van der Waals surface area contributed by atoms with Crippen LogP contribution in [0, 0.1) is 0 Å². The predicted molar refractivity (Wildman–Crippen MR) is 67.9 cm³/mol. The fourth-order valence-corrected chi connectivity index (χ4v) is 1.39. The zero-order valence-corrected chi connectivity index (χ0v) is 9.92. The van der Waals surface area contributed by atoms with Gasteiger partial charge < -0.3 is 10.2 Å². The highest BCUT2D eigenvalue weighted by Gasteiger charge is 2.02. The second-order valence-corrected chi connectivity index (χ2v) is 3.91. The van der Waals surface area contributed by atoms with E-state index in [1.807, 2.05) is 43.3 Å². The normalized spacial score (nSPS) is 9.80. The number of thiol groups is 1. The van der Waals surface area contributed by atoms with Crippen LogP contribution in [0.3, 0.4) is 0 Å². The van der Waals surface area contributed by atoms with E-state index in [0.29, 0.717) is 12.2 Å². The van der Waals surface area contributed by atoms with Crippen LogP contribution in [-0.2, 0) is 4.79 Å². The van der Waals surface area contributed by atoms with E-state index in [2.05, 4.69) is 17.9 Å². The van der Waals surface area contributed by atoms with Gasteiger partial charge in [0.2, 0.25) is 5.91 Å². The van der Waals surface area contributed by atoms with Crippen LogP contribution in [0.5, 0.6) is 0 Å². The quantitative estimate of drug-likeness (QED) is 0.767. The summed E-state index contributed by atoms with van der Waals surface area (Å²) in [4.78, 5) is 13.3. The molecule has 4 heteroatoms. The van der Waals surface area contributed by atoms with Gasteiger partial charge in [0.1, 0.15) is 0 Å². The van der Waals surface area contributed by atoms with Crippen LogP contribution in [0.15, 0.2) is 24.3 Å². The minimum Gasteiger partial charge on any atom is -0.378 e. The maximum Gasteiger partial charge on any atom is 0.225 e. The molecule has 0 fully saturated rings. The van der Waals surface area contributed by atoms with Crippen molar-refractivity contribution < 1.29 is 4.79 Å². The molecule has 0 radical (unpaired) electrons. The Kier molecular flexibility index (Phi) is 4.49. The highest BCUT2D eigenvalue weighted by atomic mass is 32.1. The van der Waals surface area contributed by atoms with Crippen molar-refractivity contribution in [2.45, 2.75) is 6.42 Å². The van der Waals surface area contributed by atoms with Gasteiger partial charge in [-0.1, -0.05) is 6.07 Å². The van der Waals surface area contributed by atoms with Crippen molar-refractivity contribution in [1.29, 1.82) is 0 Å². The third kappa shape index (κ3) is 3.83. The van der Waals surface area contributed by atoms with Crippen LogP contribution in [0.1, 0.15) is 6.42 Å². The Morgan fingerprint density at radius 2 is 2.20 bits per heavy atom. The Hall–Kier alpha value is -1.16. The molecule has 0 saturated carbocycles. The van der Waals surface area contributed by atoms with Crippen molar-refractivity contribution in [1.82, 2.24) is 0 Å². The van der Waals surface area contributed by atoms with Crippen molar-refractivity contribution in [2.24, 2.45) is 0 Å². The third-order valence-electron chi connectivity index (χ3n) is 1.99. The maximum atomic E-state index is 11.3. The van der Waals surface area contributed by atoms with E-state index < -0.39 is 0 Å².